The first-order chi connectivity index (χ1) is 8.91. The van der Waals surface area contributed by atoms with E-state index in [-0.39, 0.29) is 24.4 Å². The van der Waals surface area contributed by atoms with E-state index in [1.165, 1.54) is 4.90 Å². The molecule has 2 aliphatic rings. The molecule has 2 fully saturated rings. The zero-order chi connectivity index (χ0) is 14.2. The van der Waals surface area contributed by atoms with Crippen molar-refractivity contribution >= 4 is 17.7 Å². The second-order valence-electron chi connectivity index (χ2n) is 5.65. The Kier molecular flexibility index (Phi) is 3.89. The van der Waals surface area contributed by atoms with Crippen LogP contribution in [0.1, 0.15) is 33.1 Å². The highest BCUT2D eigenvalue weighted by molar-refractivity contribution is 6.04. The second-order valence-corrected chi connectivity index (χ2v) is 5.65. The maximum atomic E-state index is 12.5. The quantitative estimate of drug-likeness (QED) is 0.634. The van der Waals surface area contributed by atoms with E-state index in [2.05, 4.69) is 5.32 Å². The lowest BCUT2D eigenvalue weighted by molar-refractivity contribution is -0.152. The second kappa shape index (κ2) is 5.28. The molecule has 19 heavy (non-hydrogen) atoms. The molecule has 0 aromatic heterocycles. The number of piperazine rings is 1. The Morgan fingerprint density at radius 2 is 2.00 bits per heavy atom. The number of hydrogen-bond donors (Lipinski definition) is 2. The zero-order valence-electron chi connectivity index (χ0n) is 11.4. The molecule has 0 radical (unpaired) electrons. The maximum Gasteiger partial charge on any atom is 0.249 e. The zero-order valence-corrected chi connectivity index (χ0v) is 11.4. The van der Waals surface area contributed by atoms with Crippen LogP contribution < -0.4 is 11.1 Å². The molecule has 4 unspecified atom stereocenters. The van der Waals surface area contributed by atoms with E-state index in [4.69, 9.17) is 5.73 Å². The molecule has 1 saturated heterocycles. The van der Waals surface area contributed by atoms with Gasteiger partial charge >= 0.3 is 0 Å². The summed E-state index contributed by atoms with van der Waals surface area (Å²) in [6.45, 7) is 3.63. The van der Waals surface area contributed by atoms with Crippen molar-refractivity contribution in [2.75, 3.05) is 6.54 Å². The van der Waals surface area contributed by atoms with Crippen LogP contribution in [0, 0.1) is 11.8 Å². The van der Waals surface area contributed by atoms with E-state index in [0.717, 1.165) is 19.3 Å². The highest BCUT2D eigenvalue weighted by Gasteiger charge is 2.40. The number of nitrogens with zero attached hydrogens (tertiary/aromatic N) is 1. The van der Waals surface area contributed by atoms with E-state index in [0.29, 0.717) is 5.92 Å². The normalized spacial score (nSPS) is 36.1. The highest BCUT2D eigenvalue weighted by atomic mass is 16.2. The molecule has 3 amide bonds. The minimum Gasteiger partial charge on any atom is -0.327 e. The fourth-order valence-corrected chi connectivity index (χ4v) is 2.93. The third-order valence-electron chi connectivity index (χ3n) is 4.32. The lowest BCUT2D eigenvalue weighted by atomic mass is 9.77. The van der Waals surface area contributed by atoms with E-state index in [1.807, 2.05) is 6.92 Å². The van der Waals surface area contributed by atoms with Gasteiger partial charge in [-0.05, 0) is 25.7 Å². The van der Waals surface area contributed by atoms with E-state index in [1.54, 1.807) is 6.92 Å². The van der Waals surface area contributed by atoms with Gasteiger partial charge in [0.1, 0.15) is 12.6 Å². The first kappa shape index (κ1) is 14.0. The van der Waals surface area contributed by atoms with Crippen LogP contribution >= 0.6 is 0 Å². The predicted molar refractivity (Wildman–Crippen MR) is 68.8 cm³/mol. The number of rotatable bonds is 1. The SMILES string of the molecule is CC1CCCC(C(=O)N2CC(=O)NC(=O)C2C)C1N. The lowest BCUT2D eigenvalue weighted by Gasteiger charge is -2.39. The Balaban J connectivity index is 2.13. The average Bonchev–Trinajstić information content (AvgIpc) is 2.36. The van der Waals surface area contributed by atoms with E-state index < -0.39 is 17.9 Å². The summed E-state index contributed by atoms with van der Waals surface area (Å²) < 4.78 is 0. The number of amides is 3. The number of nitrogens with two attached hydrogens (primary N) is 1. The number of hydrogen-bond acceptors (Lipinski definition) is 4. The monoisotopic (exact) mass is 267 g/mol. The molecule has 3 N–H and O–H groups in total. The van der Waals surface area contributed by atoms with Gasteiger partial charge < -0.3 is 10.6 Å². The van der Waals surface area contributed by atoms with Crippen LogP contribution in [0.2, 0.25) is 0 Å². The van der Waals surface area contributed by atoms with E-state index in [9.17, 15) is 14.4 Å². The van der Waals surface area contributed by atoms with E-state index >= 15 is 0 Å². The molecule has 106 valence electrons. The molecule has 0 spiro atoms. The summed E-state index contributed by atoms with van der Waals surface area (Å²) in [5.41, 5.74) is 6.11. The Labute approximate surface area is 112 Å². The van der Waals surface area contributed by atoms with Gasteiger partial charge in [0.2, 0.25) is 17.7 Å². The first-order valence-electron chi connectivity index (χ1n) is 6.81. The number of carbonyl (C=O) groups excluding carboxylic acids is 3. The average molecular weight is 267 g/mol. The smallest absolute Gasteiger partial charge is 0.249 e. The van der Waals surface area contributed by atoms with Gasteiger partial charge in [-0.25, -0.2) is 0 Å². The number of carbonyl (C=O) groups is 3. The molecule has 0 aromatic rings. The third kappa shape index (κ3) is 2.63. The maximum absolute atomic E-state index is 12.5. The van der Waals surface area contributed by atoms with Gasteiger partial charge in [0.05, 0.1) is 5.92 Å². The van der Waals surface area contributed by atoms with Crippen molar-refractivity contribution in [3.05, 3.63) is 0 Å². The summed E-state index contributed by atoms with van der Waals surface area (Å²) in [5.74, 6) is -0.970. The molecule has 6 nitrogen and oxygen atoms in total. The van der Waals surface area contributed by atoms with Gasteiger partial charge in [0.25, 0.3) is 0 Å². The lowest BCUT2D eigenvalue weighted by Crippen LogP contribution is -2.61. The largest absolute Gasteiger partial charge is 0.327 e. The molecular formula is C13H21N3O3. The fraction of sp³-hybridized carbons (Fsp3) is 0.769. The van der Waals surface area contributed by atoms with Crippen molar-refractivity contribution in [3.63, 3.8) is 0 Å². The predicted octanol–water partition coefficient (Wildman–Crippen LogP) is -0.377. The first-order valence-corrected chi connectivity index (χ1v) is 6.81. The standard InChI is InChI=1S/C13H21N3O3/c1-7-4-3-5-9(11(7)14)13(19)16-6-10(17)15-12(18)8(16)2/h7-9,11H,3-6,14H2,1-2H3,(H,15,17,18). The molecule has 4 atom stereocenters. The van der Waals surface area contributed by atoms with Crippen molar-refractivity contribution in [1.29, 1.82) is 0 Å². The van der Waals surface area contributed by atoms with Crippen molar-refractivity contribution in [2.45, 2.75) is 45.2 Å². The molecular weight excluding hydrogens is 246 g/mol. The summed E-state index contributed by atoms with van der Waals surface area (Å²) in [4.78, 5) is 36.9. The Morgan fingerprint density at radius 3 is 2.68 bits per heavy atom. The van der Waals surface area contributed by atoms with Crippen LogP contribution in [0.3, 0.4) is 0 Å². The van der Waals surface area contributed by atoms with Crippen molar-refractivity contribution in [3.8, 4) is 0 Å². The minimum atomic E-state index is -0.602. The fourth-order valence-electron chi connectivity index (χ4n) is 2.93. The number of nitrogens with one attached hydrogen (secondary N) is 1. The summed E-state index contributed by atoms with van der Waals surface area (Å²) in [5, 5.41) is 2.23. The molecule has 2 rings (SSSR count). The van der Waals surface area contributed by atoms with Crippen LogP contribution in [-0.2, 0) is 14.4 Å². The summed E-state index contributed by atoms with van der Waals surface area (Å²) in [6, 6.07) is -0.789. The molecule has 1 heterocycles. The van der Waals surface area contributed by atoms with Crippen LogP contribution in [0.4, 0.5) is 0 Å². The topological polar surface area (TPSA) is 92.5 Å². The Hall–Kier alpha value is -1.43. The van der Waals surface area contributed by atoms with Gasteiger partial charge in [0, 0.05) is 6.04 Å². The molecule has 0 bridgehead atoms. The molecule has 0 aromatic carbocycles. The summed E-state index contributed by atoms with van der Waals surface area (Å²) >= 11 is 0. The van der Waals surface area contributed by atoms with Crippen LogP contribution in [-0.4, -0.2) is 41.2 Å². The molecule has 1 saturated carbocycles. The molecule has 1 aliphatic heterocycles. The van der Waals surface area contributed by atoms with Crippen molar-refractivity contribution < 1.29 is 14.4 Å². The summed E-state index contributed by atoms with van der Waals surface area (Å²) in [7, 11) is 0. The third-order valence-corrected chi connectivity index (χ3v) is 4.32. The highest BCUT2D eigenvalue weighted by Crippen LogP contribution is 2.29. The Morgan fingerprint density at radius 1 is 1.32 bits per heavy atom. The minimum absolute atomic E-state index is 0.0522. The van der Waals surface area contributed by atoms with Gasteiger partial charge in [-0.3, -0.25) is 19.7 Å². The van der Waals surface area contributed by atoms with Gasteiger partial charge in [-0.15, -0.1) is 0 Å². The Bertz CT molecular complexity index is 410. The van der Waals surface area contributed by atoms with Crippen LogP contribution in [0.15, 0.2) is 0 Å². The van der Waals surface area contributed by atoms with Crippen LogP contribution in [0.25, 0.3) is 0 Å². The van der Waals surface area contributed by atoms with Crippen LogP contribution in [0.5, 0.6) is 0 Å². The van der Waals surface area contributed by atoms with Crippen molar-refractivity contribution in [2.24, 2.45) is 17.6 Å². The number of imide groups is 1. The molecule has 6 heteroatoms. The van der Waals surface area contributed by atoms with Gasteiger partial charge in [-0.1, -0.05) is 13.3 Å². The summed E-state index contributed by atoms with van der Waals surface area (Å²) in [6.07, 6.45) is 2.73. The van der Waals surface area contributed by atoms with Gasteiger partial charge in [-0.2, -0.15) is 0 Å². The van der Waals surface area contributed by atoms with Gasteiger partial charge in [0.15, 0.2) is 0 Å². The molecule has 1 aliphatic carbocycles. The van der Waals surface area contributed by atoms with Crippen molar-refractivity contribution in [1.82, 2.24) is 10.2 Å².